The van der Waals surface area contributed by atoms with Crippen molar-refractivity contribution in [3.8, 4) is 0 Å². The number of nitrogens with two attached hydrogens (primary N) is 1. The molecule has 5 nitrogen and oxygen atoms in total. The Labute approximate surface area is 105 Å². The lowest BCUT2D eigenvalue weighted by Crippen LogP contribution is -2.13. The van der Waals surface area contributed by atoms with Crippen LogP contribution in [-0.4, -0.2) is 14.3 Å². The lowest BCUT2D eigenvalue weighted by molar-refractivity contribution is -0.114. The van der Waals surface area contributed by atoms with Gasteiger partial charge in [0.05, 0.1) is 4.90 Å². The van der Waals surface area contributed by atoms with Gasteiger partial charge < -0.3 is 5.32 Å². The minimum absolute atomic E-state index is 0.0483. The molecule has 0 unspecified atom stereocenters. The van der Waals surface area contributed by atoms with Gasteiger partial charge in [0, 0.05) is 23.4 Å². The van der Waals surface area contributed by atoms with E-state index in [0.717, 1.165) is 0 Å². The van der Waals surface area contributed by atoms with Crippen molar-refractivity contribution in [2.75, 3.05) is 5.32 Å². The predicted molar refractivity (Wildman–Crippen MR) is 69.6 cm³/mol. The summed E-state index contributed by atoms with van der Waals surface area (Å²) in [6.07, 6.45) is 0. The number of benzene rings is 2. The van der Waals surface area contributed by atoms with E-state index in [1.807, 2.05) is 0 Å². The zero-order chi connectivity index (χ0) is 13.3. The van der Waals surface area contributed by atoms with Crippen LogP contribution in [0, 0.1) is 0 Å². The number of amides is 1. The van der Waals surface area contributed by atoms with Crippen molar-refractivity contribution in [1.29, 1.82) is 0 Å². The lowest BCUT2D eigenvalue weighted by Gasteiger charge is -2.10. The number of nitrogens with one attached hydrogen (secondary N) is 1. The molecule has 0 saturated carbocycles. The van der Waals surface area contributed by atoms with Crippen molar-refractivity contribution in [2.45, 2.75) is 11.8 Å². The molecule has 1 amide bonds. The summed E-state index contributed by atoms with van der Waals surface area (Å²) in [7, 11) is -3.79. The van der Waals surface area contributed by atoms with Crippen LogP contribution >= 0.6 is 0 Å². The predicted octanol–water partition coefficient (Wildman–Crippen LogP) is 1.45. The molecular formula is C12H12N2O3S. The van der Waals surface area contributed by atoms with Crippen LogP contribution in [0.5, 0.6) is 0 Å². The topological polar surface area (TPSA) is 89.3 Å². The lowest BCUT2D eigenvalue weighted by atomic mass is 10.1. The molecule has 0 atom stereocenters. The second-order valence-electron chi connectivity index (χ2n) is 3.88. The molecule has 0 spiro atoms. The van der Waals surface area contributed by atoms with Crippen molar-refractivity contribution in [3.63, 3.8) is 0 Å². The Morgan fingerprint density at radius 3 is 2.28 bits per heavy atom. The van der Waals surface area contributed by atoms with Crippen LogP contribution in [0.25, 0.3) is 10.8 Å². The first-order valence-electron chi connectivity index (χ1n) is 5.22. The summed E-state index contributed by atoms with van der Waals surface area (Å²) in [6, 6.07) is 9.79. The molecule has 0 saturated heterocycles. The maximum absolute atomic E-state index is 11.5. The van der Waals surface area contributed by atoms with Crippen molar-refractivity contribution in [2.24, 2.45) is 5.14 Å². The molecule has 3 N–H and O–H groups in total. The third-order valence-corrected chi connectivity index (χ3v) is 3.47. The summed E-state index contributed by atoms with van der Waals surface area (Å²) in [5.74, 6) is -0.219. The number of carbonyl (C=O) groups is 1. The van der Waals surface area contributed by atoms with Gasteiger partial charge in [-0.1, -0.05) is 24.3 Å². The van der Waals surface area contributed by atoms with Crippen molar-refractivity contribution in [3.05, 3.63) is 36.4 Å². The van der Waals surface area contributed by atoms with E-state index in [9.17, 15) is 13.2 Å². The Hall–Kier alpha value is -1.92. The zero-order valence-electron chi connectivity index (χ0n) is 9.67. The summed E-state index contributed by atoms with van der Waals surface area (Å²) in [6.45, 7) is 1.39. The number of rotatable bonds is 2. The molecule has 0 heterocycles. The Morgan fingerprint density at radius 2 is 1.72 bits per heavy atom. The monoisotopic (exact) mass is 264 g/mol. The first-order valence-corrected chi connectivity index (χ1v) is 6.76. The number of hydrogen-bond donors (Lipinski definition) is 2. The number of sulfonamides is 1. The van der Waals surface area contributed by atoms with E-state index in [1.165, 1.54) is 19.1 Å². The molecule has 0 aliphatic rings. The first-order chi connectivity index (χ1) is 8.39. The summed E-state index contributed by atoms with van der Waals surface area (Å²) >= 11 is 0. The van der Waals surface area contributed by atoms with Crippen molar-refractivity contribution < 1.29 is 13.2 Å². The smallest absolute Gasteiger partial charge is 0.238 e. The Kier molecular flexibility index (Phi) is 3.06. The highest BCUT2D eigenvalue weighted by molar-refractivity contribution is 7.89. The summed E-state index contributed by atoms with van der Waals surface area (Å²) in [4.78, 5) is 11.1. The fraction of sp³-hybridized carbons (Fsp3) is 0.0833. The number of primary sulfonamides is 1. The quantitative estimate of drug-likeness (QED) is 0.860. The molecule has 0 aromatic heterocycles. The molecule has 0 aliphatic heterocycles. The van der Waals surface area contributed by atoms with Crippen LogP contribution in [-0.2, 0) is 14.8 Å². The van der Waals surface area contributed by atoms with Gasteiger partial charge in [0.15, 0.2) is 0 Å². The van der Waals surface area contributed by atoms with Gasteiger partial charge in [-0.25, -0.2) is 13.6 Å². The summed E-state index contributed by atoms with van der Waals surface area (Å²) in [5.41, 5.74) is 0.561. The third kappa shape index (κ3) is 2.34. The Balaban J connectivity index is 2.78. The molecule has 2 rings (SSSR count). The highest BCUT2D eigenvalue weighted by Crippen LogP contribution is 2.28. The van der Waals surface area contributed by atoms with E-state index in [2.05, 4.69) is 5.32 Å². The minimum atomic E-state index is -3.79. The fourth-order valence-corrected chi connectivity index (χ4v) is 2.56. The average Bonchev–Trinajstić information content (AvgIpc) is 2.27. The van der Waals surface area contributed by atoms with Crippen LogP contribution < -0.4 is 10.5 Å². The van der Waals surface area contributed by atoms with E-state index < -0.39 is 10.0 Å². The third-order valence-electron chi connectivity index (χ3n) is 2.50. The molecule has 2 aromatic rings. The van der Waals surface area contributed by atoms with Gasteiger partial charge in [-0.2, -0.15) is 0 Å². The van der Waals surface area contributed by atoms with Gasteiger partial charge in [-0.05, 0) is 12.1 Å². The van der Waals surface area contributed by atoms with E-state index in [1.54, 1.807) is 24.3 Å². The second-order valence-corrected chi connectivity index (χ2v) is 5.41. The minimum Gasteiger partial charge on any atom is -0.326 e. The van der Waals surface area contributed by atoms with Crippen molar-refractivity contribution >= 4 is 32.4 Å². The van der Waals surface area contributed by atoms with E-state index in [0.29, 0.717) is 16.5 Å². The van der Waals surface area contributed by atoms with Gasteiger partial charge in [-0.15, -0.1) is 0 Å². The molecular weight excluding hydrogens is 252 g/mol. The number of anilines is 1. The molecule has 18 heavy (non-hydrogen) atoms. The molecule has 0 bridgehead atoms. The largest absolute Gasteiger partial charge is 0.326 e. The molecule has 94 valence electrons. The van der Waals surface area contributed by atoms with E-state index in [-0.39, 0.29) is 10.8 Å². The molecule has 0 fully saturated rings. The Bertz CT molecular complexity index is 723. The fourth-order valence-electron chi connectivity index (χ4n) is 1.82. The average molecular weight is 264 g/mol. The molecule has 6 heteroatoms. The van der Waals surface area contributed by atoms with E-state index in [4.69, 9.17) is 5.14 Å². The molecule has 2 aromatic carbocycles. The second kappa shape index (κ2) is 4.40. The highest BCUT2D eigenvalue weighted by atomic mass is 32.2. The van der Waals surface area contributed by atoms with Crippen molar-refractivity contribution in [1.82, 2.24) is 0 Å². The normalized spacial score (nSPS) is 11.4. The van der Waals surface area contributed by atoms with E-state index >= 15 is 0 Å². The molecule has 0 radical (unpaired) electrons. The standard InChI is InChI=1S/C12H12N2O3S/c1-8(15)14-11-6-7-12(18(13,16)17)10-5-3-2-4-9(10)11/h2-7H,1H3,(H,14,15)(H2,13,16,17). The van der Waals surface area contributed by atoms with Crippen LogP contribution in [0.4, 0.5) is 5.69 Å². The Morgan fingerprint density at radius 1 is 1.11 bits per heavy atom. The number of fused-ring (bicyclic) bond motifs is 1. The van der Waals surface area contributed by atoms with Crippen LogP contribution in [0.2, 0.25) is 0 Å². The summed E-state index contributed by atoms with van der Waals surface area (Å²) in [5, 5.41) is 8.94. The van der Waals surface area contributed by atoms with Gasteiger partial charge in [0.1, 0.15) is 0 Å². The maximum Gasteiger partial charge on any atom is 0.238 e. The number of hydrogen-bond acceptors (Lipinski definition) is 3. The summed E-state index contributed by atoms with van der Waals surface area (Å²) < 4.78 is 22.9. The SMILES string of the molecule is CC(=O)Nc1ccc(S(N)(=O)=O)c2ccccc12. The number of carbonyl (C=O) groups excluding carboxylic acids is 1. The van der Waals surface area contributed by atoms with Crippen LogP contribution in [0.1, 0.15) is 6.92 Å². The first kappa shape index (κ1) is 12.5. The highest BCUT2D eigenvalue weighted by Gasteiger charge is 2.14. The van der Waals surface area contributed by atoms with Gasteiger partial charge in [0.25, 0.3) is 0 Å². The van der Waals surface area contributed by atoms with Gasteiger partial charge in [0.2, 0.25) is 15.9 Å². The van der Waals surface area contributed by atoms with Gasteiger partial charge in [-0.3, -0.25) is 4.79 Å². The van der Waals surface area contributed by atoms with Crippen LogP contribution in [0.15, 0.2) is 41.3 Å². The zero-order valence-corrected chi connectivity index (χ0v) is 10.5. The van der Waals surface area contributed by atoms with Crippen LogP contribution in [0.3, 0.4) is 0 Å². The molecule has 0 aliphatic carbocycles. The maximum atomic E-state index is 11.5. The van der Waals surface area contributed by atoms with Gasteiger partial charge >= 0.3 is 0 Å².